The monoisotopic (exact) mass is 367 g/mol. The number of hydrogen-bond acceptors (Lipinski definition) is 4. The Labute approximate surface area is 144 Å². The fraction of sp³-hybridized carbons (Fsp3) is 0.250. The molecule has 2 aromatic rings. The molecule has 0 fully saturated rings. The first-order valence-corrected chi connectivity index (χ1v) is 8.74. The molecule has 7 nitrogen and oxygen atoms in total. The van der Waals surface area contributed by atoms with Gasteiger partial charge in [0.15, 0.2) is 0 Å². The summed E-state index contributed by atoms with van der Waals surface area (Å²) in [6, 6.07) is 6.48. The summed E-state index contributed by atoms with van der Waals surface area (Å²) in [6.07, 6.45) is 1.10. The Morgan fingerprint density at radius 1 is 1.24 bits per heavy atom. The summed E-state index contributed by atoms with van der Waals surface area (Å²) >= 11 is 0. The fourth-order valence-corrected chi connectivity index (χ4v) is 2.94. The van der Waals surface area contributed by atoms with Crippen molar-refractivity contribution in [2.75, 3.05) is 19.4 Å². The standard InChI is InChI=1S/C16H18FN3O4S/c1-11-4-5-12(8-14(11)17)18-15(21)10-20-9-13(6-7-16(20)22)25(23,24)19(2)3/h4-9H,10H2,1-3H3,(H,18,21). The average molecular weight is 367 g/mol. The van der Waals surface area contributed by atoms with Gasteiger partial charge >= 0.3 is 0 Å². The van der Waals surface area contributed by atoms with Crippen LogP contribution in [0.1, 0.15) is 5.56 Å². The summed E-state index contributed by atoms with van der Waals surface area (Å²) in [4.78, 5) is 23.8. The number of anilines is 1. The zero-order chi connectivity index (χ0) is 18.8. The summed E-state index contributed by atoms with van der Waals surface area (Å²) in [6.45, 7) is 1.20. The van der Waals surface area contributed by atoms with Crippen LogP contribution in [0.5, 0.6) is 0 Å². The van der Waals surface area contributed by atoms with Crippen LogP contribution in [0.4, 0.5) is 10.1 Å². The molecule has 1 aromatic heterocycles. The zero-order valence-electron chi connectivity index (χ0n) is 14.0. The highest BCUT2D eigenvalue weighted by molar-refractivity contribution is 7.89. The van der Waals surface area contributed by atoms with Crippen LogP contribution in [0.15, 0.2) is 46.2 Å². The lowest BCUT2D eigenvalue weighted by molar-refractivity contribution is -0.116. The van der Waals surface area contributed by atoms with E-state index < -0.39 is 33.9 Å². The highest BCUT2D eigenvalue weighted by Crippen LogP contribution is 2.14. The van der Waals surface area contributed by atoms with Gasteiger partial charge in [-0.25, -0.2) is 17.1 Å². The molecule has 2 rings (SSSR count). The third-order valence-corrected chi connectivity index (χ3v) is 5.30. The van der Waals surface area contributed by atoms with Gasteiger partial charge in [0.2, 0.25) is 15.9 Å². The largest absolute Gasteiger partial charge is 0.324 e. The minimum atomic E-state index is -3.73. The summed E-state index contributed by atoms with van der Waals surface area (Å²) in [5.41, 5.74) is 0.164. The van der Waals surface area contributed by atoms with E-state index in [-0.39, 0.29) is 10.6 Å². The van der Waals surface area contributed by atoms with Gasteiger partial charge in [0.05, 0.1) is 4.90 Å². The Morgan fingerprint density at radius 3 is 2.52 bits per heavy atom. The van der Waals surface area contributed by atoms with Crippen LogP contribution in [0.2, 0.25) is 0 Å². The summed E-state index contributed by atoms with van der Waals surface area (Å²) < 4.78 is 39.7. The molecule has 0 aliphatic carbocycles. The van der Waals surface area contributed by atoms with E-state index in [1.807, 2.05) is 0 Å². The number of nitrogens with one attached hydrogen (secondary N) is 1. The molecule has 0 bridgehead atoms. The molecule has 0 saturated carbocycles. The van der Waals surface area contributed by atoms with Gasteiger partial charge in [0.25, 0.3) is 5.56 Å². The second-order valence-electron chi connectivity index (χ2n) is 5.63. The summed E-state index contributed by atoms with van der Waals surface area (Å²) in [5, 5.41) is 2.47. The Bertz CT molecular complexity index is 968. The molecule has 0 saturated heterocycles. The molecule has 0 aliphatic heterocycles. The van der Waals surface area contributed by atoms with Crippen LogP contribution in [-0.2, 0) is 21.4 Å². The van der Waals surface area contributed by atoms with Crippen LogP contribution in [0.3, 0.4) is 0 Å². The van der Waals surface area contributed by atoms with Gasteiger partial charge in [0.1, 0.15) is 12.4 Å². The first-order valence-electron chi connectivity index (χ1n) is 7.30. The molecule has 0 spiro atoms. The molecule has 134 valence electrons. The second kappa shape index (κ2) is 7.16. The highest BCUT2D eigenvalue weighted by atomic mass is 32.2. The first-order chi connectivity index (χ1) is 11.6. The molecule has 9 heteroatoms. The number of amides is 1. The van der Waals surface area contributed by atoms with Crippen molar-refractivity contribution < 1.29 is 17.6 Å². The van der Waals surface area contributed by atoms with Crippen molar-refractivity contribution in [1.82, 2.24) is 8.87 Å². The van der Waals surface area contributed by atoms with Gasteiger partial charge in [-0.05, 0) is 30.7 Å². The van der Waals surface area contributed by atoms with Crippen molar-refractivity contribution >= 4 is 21.6 Å². The number of benzene rings is 1. The van der Waals surface area contributed by atoms with E-state index in [4.69, 9.17) is 0 Å². The van der Waals surface area contributed by atoms with E-state index in [0.29, 0.717) is 5.56 Å². The molecular weight excluding hydrogens is 349 g/mol. The van der Waals surface area contributed by atoms with Crippen molar-refractivity contribution in [3.63, 3.8) is 0 Å². The lowest BCUT2D eigenvalue weighted by Gasteiger charge is -2.13. The van der Waals surface area contributed by atoms with Crippen molar-refractivity contribution in [1.29, 1.82) is 0 Å². The molecule has 1 N–H and O–H groups in total. The van der Waals surface area contributed by atoms with E-state index in [0.717, 1.165) is 21.1 Å². The van der Waals surface area contributed by atoms with Crippen molar-refractivity contribution in [2.45, 2.75) is 18.4 Å². The Kier molecular flexibility index (Phi) is 5.39. The quantitative estimate of drug-likeness (QED) is 0.860. The van der Waals surface area contributed by atoms with Crippen LogP contribution in [0, 0.1) is 12.7 Å². The molecule has 0 radical (unpaired) electrons. The number of aryl methyl sites for hydroxylation is 1. The van der Waals surface area contributed by atoms with Gasteiger partial charge < -0.3 is 9.88 Å². The number of nitrogens with zero attached hydrogens (tertiary/aromatic N) is 2. The van der Waals surface area contributed by atoms with Gasteiger partial charge in [-0.1, -0.05) is 6.07 Å². The number of carbonyl (C=O) groups excluding carboxylic acids is 1. The third-order valence-electron chi connectivity index (χ3n) is 3.50. The maximum absolute atomic E-state index is 13.5. The molecule has 0 aliphatic rings. The minimum Gasteiger partial charge on any atom is -0.324 e. The van der Waals surface area contributed by atoms with Crippen molar-refractivity contribution in [3.8, 4) is 0 Å². The van der Waals surface area contributed by atoms with Crippen LogP contribution < -0.4 is 10.9 Å². The lowest BCUT2D eigenvalue weighted by Crippen LogP contribution is -2.29. The SMILES string of the molecule is Cc1ccc(NC(=O)Cn2cc(S(=O)(=O)N(C)C)ccc2=O)cc1F. The van der Waals surface area contributed by atoms with Gasteiger partial charge in [-0.15, -0.1) is 0 Å². The Balaban J connectivity index is 2.23. The van der Waals surface area contributed by atoms with Crippen LogP contribution >= 0.6 is 0 Å². The third kappa shape index (κ3) is 4.31. The highest BCUT2D eigenvalue weighted by Gasteiger charge is 2.18. The van der Waals surface area contributed by atoms with Crippen LogP contribution in [-0.4, -0.2) is 37.3 Å². The van der Waals surface area contributed by atoms with Crippen molar-refractivity contribution in [3.05, 3.63) is 58.3 Å². The second-order valence-corrected chi connectivity index (χ2v) is 7.78. The van der Waals surface area contributed by atoms with Gasteiger partial charge in [-0.3, -0.25) is 9.59 Å². The molecule has 0 atom stereocenters. The smallest absolute Gasteiger partial charge is 0.251 e. The number of pyridine rings is 1. The zero-order valence-corrected chi connectivity index (χ0v) is 14.8. The van der Waals surface area contributed by atoms with E-state index in [1.54, 1.807) is 6.92 Å². The van der Waals surface area contributed by atoms with Crippen molar-refractivity contribution in [2.24, 2.45) is 0 Å². The van der Waals surface area contributed by atoms with E-state index in [1.165, 1.54) is 38.4 Å². The van der Waals surface area contributed by atoms with E-state index in [9.17, 15) is 22.4 Å². The number of halogens is 1. The van der Waals surface area contributed by atoms with Gasteiger partial charge in [-0.2, -0.15) is 0 Å². The normalized spacial score (nSPS) is 11.6. The molecule has 1 heterocycles. The summed E-state index contributed by atoms with van der Waals surface area (Å²) in [7, 11) is -1.000. The van der Waals surface area contributed by atoms with E-state index >= 15 is 0 Å². The number of sulfonamides is 1. The molecule has 0 unspecified atom stereocenters. The Morgan fingerprint density at radius 2 is 1.92 bits per heavy atom. The number of carbonyl (C=O) groups is 1. The molecular formula is C16H18FN3O4S. The minimum absolute atomic E-state index is 0.105. The van der Waals surface area contributed by atoms with E-state index in [2.05, 4.69) is 5.32 Å². The van der Waals surface area contributed by atoms with Crippen LogP contribution in [0.25, 0.3) is 0 Å². The number of aromatic nitrogens is 1. The molecule has 25 heavy (non-hydrogen) atoms. The fourth-order valence-electron chi connectivity index (χ4n) is 2.02. The lowest BCUT2D eigenvalue weighted by atomic mass is 10.2. The maximum Gasteiger partial charge on any atom is 0.251 e. The Hall–Kier alpha value is -2.52. The van der Waals surface area contributed by atoms with Gasteiger partial charge in [0, 0.05) is 32.0 Å². The first kappa shape index (κ1) is 18.8. The molecule has 1 amide bonds. The summed E-state index contributed by atoms with van der Waals surface area (Å²) in [5.74, 6) is -1.04. The predicted molar refractivity (Wildman–Crippen MR) is 91.3 cm³/mol. The number of hydrogen-bond donors (Lipinski definition) is 1. The maximum atomic E-state index is 13.5. The predicted octanol–water partition coefficient (Wildman–Crippen LogP) is 1.18. The average Bonchev–Trinajstić information content (AvgIpc) is 2.52. The number of rotatable bonds is 5. The topological polar surface area (TPSA) is 88.5 Å². The molecule has 1 aromatic carbocycles.